The van der Waals surface area contributed by atoms with Crippen molar-refractivity contribution < 1.29 is 24.2 Å². The molecule has 6 heteroatoms. The number of likely N-dealkylation sites (tertiary alicyclic amines) is 1. The maximum atomic E-state index is 13.1. The highest BCUT2D eigenvalue weighted by Crippen LogP contribution is 2.40. The molecule has 0 saturated carbocycles. The van der Waals surface area contributed by atoms with Gasteiger partial charge in [-0.15, -0.1) is 0 Å². The Labute approximate surface area is 189 Å². The Morgan fingerprint density at radius 1 is 1.06 bits per heavy atom. The van der Waals surface area contributed by atoms with Crippen LogP contribution in [0.15, 0.2) is 48.0 Å². The Balaban J connectivity index is 2.10. The second kappa shape index (κ2) is 10.4. The van der Waals surface area contributed by atoms with Crippen LogP contribution in [0.25, 0.3) is 5.76 Å². The van der Waals surface area contributed by atoms with Crippen LogP contribution in [0.5, 0.6) is 11.5 Å². The number of carbonyl (C=O) groups is 2. The van der Waals surface area contributed by atoms with Crippen molar-refractivity contribution in [2.24, 2.45) is 0 Å². The normalized spacial score (nSPS) is 17.6. The van der Waals surface area contributed by atoms with Gasteiger partial charge in [-0.1, -0.05) is 31.9 Å². The number of ketones is 1. The number of benzene rings is 2. The van der Waals surface area contributed by atoms with Crippen molar-refractivity contribution in [1.29, 1.82) is 0 Å². The minimum absolute atomic E-state index is 0.111. The fourth-order valence-corrected chi connectivity index (χ4v) is 4.08. The first kappa shape index (κ1) is 23.4. The van der Waals surface area contributed by atoms with Crippen LogP contribution in [0.2, 0.25) is 0 Å². The van der Waals surface area contributed by atoms with E-state index in [1.807, 2.05) is 38.1 Å². The molecule has 1 aliphatic rings. The molecule has 3 rings (SSSR count). The molecule has 1 saturated heterocycles. The Hall–Kier alpha value is -3.28. The lowest BCUT2D eigenvalue weighted by Gasteiger charge is -2.25. The van der Waals surface area contributed by atoms with Gasteiger partial charge in [-0.3, -0.25) is 9.59 Å². The van der Waals surface area contributed by atoms with E-state index in [-0.39, 0.29) is 11.3 Å². The molecule has 1 atom stereocenters. The van der Waals surface area contributed by atoms with Crippen molar-refractivity contribution in [3.63, 3.8) is 0 Å². The van der Waals surface area contributed by atoms with E-state index in [1.165, 1.54) is 0 Å². The molecule has 0 aromatic heterocycles. The molecule has 170 valence electrons. The number of ether oxygens (including phenoxy) is 2. The number of methoxy groups -OCH3 is 1. The summed E-state index contributed by atoms with van der Waals surface area (Å²) in [4.78, 5) is 27.6. The van der Waals surface area contributed by atoms with E-state index in [9.17, 15) is 14.7 Å². The van der Waals surface area contributed by atoms with Crippen molar-refractivity contribution in [3.8, 4) is 11.5 Å². The summed E-state index contributed by atoms with van der Waals surface area (Å²) in [5.74, 6) is -0.0151. The minimum atomic E-state index is -0.661. The van der Waals surface area contributed by atoms with Crippen LogP contribution in [-0.2, 0) is 9.59 Å². The van der Waals surface area contributed by atoms with Gasteiger partial charge >= 0.3 is 0 Å². The minimum Gasteiger partial charge on any atom is -0.507 e. The van der Waals surface area contributed by atoms with E-state index in [4.69, 9.17) is 9.47 Å². The zero-order valence-corrected chi connectivity index (χ0v) is 19.2. The van der Waals surface area contributed by atoms with E-state index >= 15 is 0 Å². The molecule has 2 aromatic rings. The average Bonchev–Trinajstić information content (AvgIpc) is 3.04. The van der Waals surface area contributed by atoms with Crippen molar-refractivity contribution in [2.75, 3.05) is 20.3 Å². The largest absolute Gasteiger partial charge is 0.507 e. The Morgan fingerprint density at radius 3 is 2.38 bits per heavy atom. The lowest BCUT2D eigenvalue weighted by atomic mass is 9.94. The number of rotatable bonds is 9. The van der Waals surface area contributed by atoms with Gasteiger partial charge in [0.25, 0.3) is 11.7 Å². The molecule has 0 radical (unpaired) electrons. The van der Waals surface area contributed by atoms with E-state index in [0.717, 1.165) is 30.4 Å². The van der Waals surface area contributed by atoms with Crippen molar-refractivity contribution in [1.82, 2.24) is 4.90 Å². The highest BCUT2D eigenvalue weighted by atomic mass is 16.5. The smallest absolute Gasteiger partial charge is 0.295 e. The molecule has 1 unspecified atom stereocenters. The summed E-state index contributed by atoms with van der Waals surface area (Å²) in [6.45, 7) is 6.86. The number of amides is 1. The monoisotopic (exact) mass is 437 g/mol. The second-order valence-corrected chi connectivity index (χ2v) is 7.89. The number of Topliss-reactive ketones (excluding diaryl/α,β-unsaturated/α-hetero) is 1. The zero-order valence-electron chi connectivity index (χ0n) is 19.2. The quantitative estimate of drug-likeness (QED) is 0.258. The third kappa shape index (κ3) is 4.64. The maximum absolute atomic E-state index is 13.1. The number of nitrogens with zero attached hydrogens (tertiary/aromatic N) is 1. The lowest BCUT2D eigenvalue weighted by molar-refractivity contribution is -0.139. The molecule has 1 amide bonds. The van der Waals surface area contributed by atoms with Gasteiger partial charge in [0.05, 0.1) is 25.3 Å². The summed E-state index contributed by atoms with van der Waals surface area (Å²) >= 11 is 0. The number of hydrogen-bond acceptors (Lipinski definition) is 5. The summed E-state index contributed by atoms with van der Waals surface area (Å²) in [6, 6.07) is 11.9. The molecule has 1 aliphatic heterocycles. The topological polar surface area (TPSA) is 76.1 Å². The molecule has 0 aliphatic carbocycles. The third-order valence-electron chi connectivity index (χ3n) is 5.72. The van der Waals surface area contributed by atoms with Gasteiger partial charge in [0.2, 0.25) is 0 Å². The molecular formula is C26H31NO5. The van der Waals surface area contributed by atoms with Gasteiger partial charge in [-0.25, -0.2) is 0 Å². The fourth-order valence-electron chi connectivity index (χ4n) is 4.08. The Bertz CT molecular complexity index is 1010. The Morgan fingerprint density at radius 2 is 1.78 bits per heavy atom. The van der Waals surface area contributed by atoms with Gasteiger partial charge in [-0.05, 0) is 61.7 Å². The van der Waals surface area contributed by atoms with Crippen LogP contribution in [0.4, 0.5) is 0 Å². The van der Waals surface area contributed by atoms with E-state index in [0.29, 0.717) is 30.2 Å². The first-order valence-corrected chi connectivity index (χ1v) is 11.1. The second-order valence-electron chi connectivity index (χ2n) is 7.89. The maximum Gasteiger partial charge on any atom is 0.295 e. The van der Waals surface area contributed by atoms with Gasteiger partial charge in [0.1, 0.15) is 17.3 Å². The van der Waals surface area contributed by atoms with E-state index in [1.54, 1.807) is 30.2 Å². The lowest BCUT2D eigenvalue weighted by Crippen LogP contribution is -2.30. The number of carbonyl (C=O) groups excluding carboxylic acids is 2. The average molecular weight is 438 g/mol. The number of aryl methyl sites for hydroxylation is 1. The van der Waals surface area contributed by atoms with E-state index < -0.39 is 17.7 Å². The van der Waals surface area contributed by atoms with Crippen molar-refractivity contribution in [3.05, 3.63) is 64.7 Å². The van der Waals surface area contributed by atoms with Gasteiger partial charge in [-0.2, -0.15) is 0 Å². The third-order valence-corrected chi connectivity index (χ3v) is 5.72. The number of aliphatic hydroxyl groups is 1. The van der Waals surface area contributed by atoms with E-state index in [2.05, 4.69) is 6.92 Å². The highest BCUT2D eigenvalue weighted by Gasteiger charge is 2.45. The van der Waals surface area contributed by atoms with Crippen molar-refractivity contribution >= 4 is 17.4 Å². The van der Waals surface area contributed by atoms with Crippen molar-refractivity contribution in [2.45, 2.75) is 46.1 Å². The first-order valence-electron chi connectivity index (χ1n) is 11.1. The summed E-state index contributed by atoms with van der Waals surface area (Å²) < 4.78 is 10.8. The molecule has 1 heterocycles. The van der Waals surface area contributed by atoms with Crippen LogP contribution < -0.4 is 9.47 Å². The molecule has 6 nitrogen and oxygen atoms in total. The number of unbranched alkanes of at least 4 members (excludes halogenated alkanes) is 2. The number of aliphatic hydroxyl groups excluding tert-OH is 1. The molecule has 1 N–H and O–H groups in total. The fraction of sp³-hybridized carbons (Fsp3) is 0.385. The summed E-state index contributed by atoms with van der Waals surface area (Å²) in [5, 5.41) is 11.2. The van der Waals surface area contributed by atoms with Gasteiger partial charge in [0, 0.05) is 12.1 Å². The van der Waals surface area contributed by atoms with Crippen LogP contribution in [0, 0.1) is 6.92 Å². The predicted octanol–water partition coefficient (Wildman–Crippen LogP) is 5.01. The van der Waals surface area contributed by atoms with Gasteiger partial charge < -0.3 is 19.5 Å². The molecule has 0 spiro atoms. The standard InChI is InChI=1S/C26H31NO5/c1-5-7-8-15-27-23(18-9-12-20(13-10-18)32-6-2)22(25(29)26(27)30)24(28)19-11-14-21(31-4)17(3)16-19/h9-14,16,23,28H,5-8,15H2,1-4H3/b24-22-. The SMILES string of the molecule is CCCCCN1C(=O)C(=O)/C(=C(\O)c2ccc(OC)c(C)c2)C1c1ccc(OCC)cc1. The Kier molecular flexibility index (Phi) is 7.57. The van der Waals surface area contributed by atoms with Crippen LogP contribution in [0.3, 0.4) is 0 Å². The van der Waals surface area contributed by atoms with Gasteiger partial charge in [0.15, 0.2) is 0 Å². The van der Waals surface area contributed by atoms with Crippen LogP contribution in [-0.4, -0.2) is 42.0 Å². The molecule has 2 aromatic carbocycles. The molecule has 0 bridgehead atoms. The summed E-state index contributed by atoms with van der Waals surface area (Å²) in [5.41, 5.74) is 2.17. The molecular weight excluding hydrogens is 406 g/mol. The highest BCUT2D eigenvalue weighted by molar-refractivity contribution is 6.46. The number of hydrogen-bond donors (Lipinski definition) is 1. The van der Waals surface area contributed by atoms with Crippen LogP contribution >= 0.6 is 0 Å². The zero-order chi connectivity index (χ0) is 23.3. The summed E-state index contributed by atoms with van der Waals surface area (Å²) in [7, 11) is 1.58. The summed E-state index contributed by atoms with van der Waals surface area (Å²) in [6.07, 6.45) is 2.75. The predicted molar refractivity (Wildman–Crippen MR) is 124 cm³/mol. The molecule has 1 fully saturated rings. The first-order chi connectivity index (χ1) is 15.4. The van der Waals surface area contributed by atoms with Crippen LogP contribution in [0.1, 0.15) is 55.8 Å². The molecule has 32 heavy (non-hydrogen) atoms.